The number of benzene rings is 1. The molecule has 0 aliphatic rings. The Kier molecular flexibility index (Phi) is 4.67. The molecular formula is C15H18F3N3. The second kappa shape index (κ2) is 6.30. The molecule has 2 aromatic rings. The molecule has 0 atom stereocenters. The number of anilines is 1. The standard InChI is InChI=1S/C15H18F3N3/c1-3-21(10-15(16,17)18)14-12(9-19-2)8-11-6-4-5-7-13(11)20-14/h4-8,19H,3,9-10H2,1-2H3. The second-order valence-corrected chi connectivity index (χ2v) is 4.82. The van der Waals surface area contributed by atoms with Crippen LogP contribution >= 0.6 is 0 Å². The van der Waals surface area contributed by atoms with Crippen LogP contribution in [0.5, 0.6) is 0 Å². The van der Waals surface area contributed by atoms with Gasteiger partial charge in [0, 0.05) is 24.0 Å². The first-order chi connectivity index (χ1) is 9.94. The molecular weight excluding hydrogens is 279 g/mol. The number of fused-ring (bicyclic) bond motifs is 1. The quantitative estimate of drug-likeness (QED) is 0.917. The molecule has 0 spiro atoms. The number of hydrogen-bond donors (Lipinski definition) is 1. The largest absolute Gasteiger partial charge is 0.405 e. The van der Waals surface area contributed by atoms with Crippen molar-refractivity contribution in [3.63, 3.8) is 0 Å². The number of nitrogens with zero attached hydrogens (tertiary/aromatic N) is 2. The molecule has 2 rings (SSSR count). The fraction of sp³-hybridized carbons (Fsp3) is 0.400. The molecule has 0 aliphatic carbocycles. The van der Waals surface area contributed by atoms with Crippen LogP contribution in [0.25, 0.3) is 10.9 Å². The minimum atomic E-state index is -4.25. The maximum Gasteiger partial charge on any atom is 0.405 e. The second-order valence-electron chi connectivity index (χ2n) is 4.82. The van der Waals surface area contributed by atoms with Crippen LogP contribution < -0.4 is 10.2 Å². The SMILES string of the molecule is CCN(CC(F)(F)F)c1nc2ccccc2cc1CNC. The highest BCUT2D eigenvalue weighted by Crippen LogP contribution is 2.26. The maximum atomic E-state index is 12.7. The van der Waals surface area contributed by atoms with Gasteiger partial charge >= 0.3 is 6.18 Å². The Morgan fingerprint density at radius 1 is 1.24 bits per heavy atom. The van der Waals surface area contributed by atoms with Crippen LogP contribution in [0.3, 0.4) is 0 Å². The minimum Gasteiger partial charge on any atom is -0.348 e. The van der Waals surface area contributed by atoms with Crippen molar-refractivity contribution in [3.8, 4) is 0 Å². The van der Waals surface area contributed by atoms with Crippen LogP contribution in [-0.4, -0.2) is 31.3 Å². The summed E-state index contributed by atoms with van der Waals surface area (Å²) in [4.78, 5) is 5.70. The highest BCUT2D eigenvalue weighted by molar-refractivity contribution is 5.81. The van der Waals surface area contributed by atoms with E-state index in [1.165, 1.54) is 4.90 Å². The average molecular weight is 297 g/mol. The summed E-state index contributed by atoms with van der Waals surface area (Å²) in [5.74, 6) is 0.392. The van der Waals surface area contributed by atoms with Crippen molar-refractivity contribution < 1.29 is 13.2 Å². The molecule has 3 nitrogen and oxygen atoms in total. The van der Waals surface area contributed by atoms with Gasteiger partial charge in [-0.2, -0.15) is 13.2 Å². The molecule has 1 heterocycles. The number of para-hydroxylation sites is 1. The van der Waals surface area contributed by atoms with E-state index in [-0.39, 0.29) is 6.54 Å². The fourth-order valence-corrected chi connectivity index (χ4v) is 2.30. The summed E-state index contributed by atoms with van der Waals surface area (Å²) < 4.78 is 38.2. The molecule has 21 heavy (non-hydrogen) atoms. The zero-order valence-corrected chi connectivity index (χ0v) is 12.0. The van der Waals surface area contributed by atoms with Crippen molar-refractivity contribution in [1.82, 2.24) is 10.3 Å². The van der Waals surface area contributed by atoms with Gasteiger partial charge in [0.25, 0.3) is 0 Å². The average Bonchev–Trinajstić information content (AvgIpc) is 2.43. The van der Waals surface area contributed by atoms with Gasteiger partial charge in [0.1, 0.15) is 12.4 Å². The van der Waals surface area contributed by atoms with Gasteiger partial charge in [0.05, 0.1) is 5.52 Å². The summed E-state index contributed by atoms with van der Waals surface area (Å²) in [6, 6.07) is 9.33. The summed E-state index contributed by atoms with van der Waals surface area (Å²) in [5.41, 5.74) is 1.47. The van der Waals surface area contributed by atoms with Gasteiger partial charge in [-0.05, 0) is 26.1 Å². The van der Waals surface area contributed by atoms with Gasteiger partial charge in [-0.3, -0.25) is 0 Å². The summed E-state index contributed by atoms with van der Waals surface area (Å²) in [7, 11) is 1.76. The number of rotatable bonds is 5. The number of nitrogens with one attached hydrogen (secondary N) is 1. The van der Waals surface area contributed by atoms with E-state index in [1.807, 2.05) is 30.3 Å². The summed E-state index contributed by atoms with van der Waals surface area (Å²) in [6.07, 6.45) is -4.25. The Morgan fingerprint density at radius 2 is 1.95 bits per heavy atom. The molecule has 6 heteroatoms. The molecule has 0 radical (unpaired) electrons. The van der Waals surface area contributed by atoms with Gasteiger partial charge in [0.2, 0.25) is 0 Å². The minimum absolute atomic E-state index is 0.252. The zero-order chi connectivity index (χ0) is 15.5. The third-order valence-corrected chi connectivity index (χ3v) is 3.20. The predicted molar refractivity (Wildman–Crippen MR) is 78.4 cm³/mol. The Hall–Kier alpha value is -1.82. The molecule has 0 aliphatic heterocycles. The van der Waals surface area contributed by atoms with E-state index in [0.29, 0.717) is 17.9 Å². The van der Waals surface area contributed by atoms with Crippen molar-refractivity contribution in [3.05, 3.63) is 35.9 Å². The highest BCUT2D eigenvalue weighted by Gasteiger charge is 2.31. The first-order valence-electron chi connectivity index (χ1n) is 6.79. The predicted octanol–water partition coefficient (Wildman–Crippen LogP) is 3.34. The third-order valence-electron chi connectivity index (χ3n) is 3.20. The Labute approximate surface area is 121 Å². The summed E-state index contributed by atoms with van der Waals surface area (Å²) in [5, 5.41) is 3.91. The Balaban J connectivity index is 2.50. The van der Waals surface area contributed by atoms with Crippen LogP contribution in [0.2, 0.25) is 0 Å². The number of hydrogen-bond acceptors (Lipinski definition) is 3. The number of aromatic nitrogens is 1. The number of halogens is 3. The van der Waals surface area contributed by atoms with E-state index in [0.717, 1.165) is 10.9 Å². The topological polar surface area (TPSA) is 28.2 Å². The van der Waals surface area contributed by atoms with Gasteiger partial charge < -0.3 is 10.2 Å². The molecule has 114 valence electrons. The summed E-state index contributed by atoms with van der Waals surface area (Å²) in [6.45, 7) is 1.43. The molecule has 0 saturated heterocycles. The monoisotopic (exact) mass is 297 g/mol. The first-order valence-corrected chi connectivity index (χ1v) is 6.79. The van der Waals surface area contributed by atoms with Crippen molar-refractivity contribution in [2.45, 2.75) is 19.6 Å². The fourth-order valence-electron chi connectivity index (χ4n) is 2.30. The Bertz CT molecular complexity index is 611. The van der Waals surface area contributed by atoms with Crippen LogP contribution in [0.15, 0.2) is 30.3 Å². The van der Waals surface area contributed by atoms with E-state index >= 15 is 0 Å². The van der Waals surface area contributed by atoms with E-state index in [4.69, 9.17) is 0 Å². The molecule has 0 unspecified atom stereocenters. The number of alkyl halides is 3. The van der Waals surface area contributed by atoms with Crippen LogP contribution in [0.1, 0.15) is 12.5 Å². The van der Waals surface area contributed by atoms with E-state index in [2.05, 4.69) is 10.3 Å². The molecule has 1 N–H and O–H groups in total. The lowest BCUT2D eigenvalue weighted by molar-refractivity contribution is -0.119. The van der Waals surface area contributed by atoms with Crippen LogP contribution in [0.4, 0.5) is 19.0 Å². The van der Waals surface area contributed by atoms with Crippen molar-refractivity contribution in [2.75, 3.05) is 25.0 Å². The normalized spacial score (nSPS) is 11.9. The van der Waals surface area contributed by atoms with E-state index in [1.54, 1.807) is 14.0 Å². The van der Waals surface area contributed by atoms with E-state index in [9.17, 15) is 13.2 Å². The van der Waals surface area contributed by atoms with E-state index < -0.39 is 12.7 Å². The molecule has 0 fully saturated rings. The van der Waals surface area contributed by atoms with Crippen molar-refractivity contribution in [2.24, 2.45) is 0 Å². The van der Waals surface area contributed by atoms with Gasteiger partial charge in [0.15, 0.2) is 0 Å². The Morgan fingerprint density at radius 3 is 2.57 bits per heavy atom. The smallest absolute Gasteiger partial charge is 0.348 e. The lowest BCUT2D eigenvalue weighted by Gasteiger charge is -2.26. The molecule has 1 aromatic carbocycles. The van der Waals surface area contributed by atoms with Gasteiger partial charge in [-0.15, -0.1) is 0 Å². The van der Waals surface area contributed by atoms with Gasteiger partial charge in [-0.25, -0.2) is 4.98 Å². The van der Waals surface area contributed by atoms with Crippen molar-refractivity contribution in [1.29, 1.82) is 0 Å². The summed E-state index contributed by atoms with van der Waals surface area (Å²) >= 11 is 0. The van der Waals surface area contributed by atoms with Crippen LogP contribution in [0, 0.1) is 0 Å². The van der Waals surface area contributed by atoms with Crippen LogP contribution in [-0.2, 0) is 6.54 Å². The molecule has 1 aromatic heterocycles. The first kappa shape index (κ1) is 15.6. The van der Waals surface area contributed by atoms with Crippen molar-refractivity contribution >= 4 is 16.7 Å². The number of pyridine rings is 1. The molecule has 0 bridgehead atoms. The zero-order valence-electron chi connectivity index (χ0n) is 12.0. The van der Waals surface area contributed by atoms with Gasteiger partial charge in [-0.1, -0.05) is 18.2 Å². The lowest BCUT2D eigenvalue weighted by Crippen LogP contribution is -2.35. The molecule has 0 amide bonds. The third kappa shape index (κ3) is 3.85. The molecule has 0 saturated carbocycles. The maximum absolute atomic E-state index is 12.7. The lowest BCUT2D eigenvalue weighted by atomic mass is 10.1. The highest BCUT2D eigenvalue weighted by atomic mass is 19.4.